The number of benzene rings is 4. The zero-order valence-electron chi connectivity index (χ0n) is 25.8. The SMILES string of the molecule is O=C1c2cn(C(c3ccccc3)(c3ccccc3)c3ccccc3)nc2CCN1CCN1CCC(c2noc3ccccc23)CC1. The Hall–Kier alpha value is -5.01. The van der Waals surface area contributed by atoms with Gasteiger partial charge in [0.25, 0.3) is 5.91 Å². The van der Waals surface area contributed by atoms with E-state index in [-0.39, 0.29) is 5.91 Å². The predicted molar refractivity (Wildman–Crippen MR) is 179 cm³/mol. The van der Waals surface area contributed by atoms with Crippen molar-refractivity contribution in [2.45, 2.75) is 30.7 Å². The van der Waals surface area contributed by atoms with Gasteiger partial charge >= 0.3 is 0 Å². The largest absolute Gasteiger partial charge is 0.356 e. The average Bonchev–Trinajstić information content (AvgIpc) is 3.76. The first-order valence-electron chi connectivity index (χ1n) is 16.3. The number of amides is 1. The van der Waals surface area contributed by atoms with Crippen molar-refractivity contribution in [3.63, 3.8) is 0 Å². The molecule has 0 atom stereocenters. The third-order valence-electron chi connectivity index (χ3n) is 9.91. The number of carbonyl (C=O) groups excluding carboxylic acids is 1. The van der Waals surface area contributed by atoms with E-state index in [1.54, 1.807) is 0 Å². The fraction of sp³-hybridized carbons (Fsp3) is 0.256. The maximum atomic E-state index is 14.0. The van der Waals surface area contributed by atoms with Gasteiger partial charge in [-0.05, 0) is 54.8 Å². The van der Waals surface area contributed by atoms with Crippen LogP contribution in [0.1, 0.15) is 57.2 Å². The van der Waals surface area contributed by atoms with Crippen molar-refractivity contribution < 1.29 is 9.32 Å². The van der Waals surface area contributed by atoms with Crippen LogP contribution in [0.2, 0.25) is 0 Å². The molecule has 7 nitrogen and oxygen atoms in total. The Morgan fingerprint density at radius 3 is 1.93 bits per heavy atom. The second-order valence-corrected chi connectivity index (χ2v) is 12.5. The van der Waals surface area contributed by atoms with Gasteiger partial charge < -0.3 is 14.3 Å². The number of nitrogens with zero attached hydrogens (tertiary/aromatic N) is 5. The van der Waals surface area contributed by atoms with Gasteiger partial charge in [0.1, 0.15) is 5.54 Å². The van der Waals surface area contributed by atoms with Crippen LogP contribution in [0.15, 0.2) is 126 Å². The van der Waals surface area contributed by atoms with Crippen LogP contribution in [0.3, 0.4) is 0 Å². The van der Waals surface area contributed by atoms with E-state index in [1.165, 1.54) is 0 Å². The van der Waals surface area contributed by atoms with Gasteiger partial charge in [0.2, 0.25) is 0 Å². The Balaban J connectivity index is 1.03. The van der Waals surface area contributed by atoms with E-state index < -0.39 is 5.54 Å². The fourth-order valence-electron chi connectivity index (χ4n) is 7.50. The van der Waals surface area contributed by atoms with Crippen molar-refractivity contribution in [2.24, 2.45) is 0 Å². The molecule has 0 aliphatic carbocycles. The number of piperidine rings is 1. The van der Waals surface area contributed by atoms with E-state index in [9.17, 15) is 4.79 Å². The standard InChI is InChI=1S/C39H37N5O2/c45-38-34-28-44(39(30-12-4-1-5-13-30,31-14-6-2-7-15-31)32-16-8-3-9-17-32)40-35(34)22-25-43(38)27-26-42-23-20-29(21-24-42)37-33-18-10-11-19-36(33)46-41-37/h1-19,28-29H,20-27H2. The molecule has 8 rings (SSSR count). The summed E-state index contributed by atoms with van der Waals surface area (Å²) < 4.78 is 7.62. The molecule has 7 heteroatoms. The Morgan fingerprint density at radius 1 is 0.717 bits per heavy atom. The van der Waals surface area contributed by atoms with E-state index in [1.807, 2.05) is 52.2 Å². The summed E-state index contributed by atoms with van der Waals surface area (Å²) in [7, 11) is 0. The number of likely N-dealkylation sites (tertiary alicyclic amines) is 1. The Labute approximate surface area is 269 Å². The number of hydrogen-bond acceptors (Lipinski definition) is 5. The van der Waals surface area contributed by atoms with Crippen LogP contribution in [0.5, 0.6) is 0 Å². The third-order valence-corrected chi connectivity index (χ3v) is 9.91. The van der Waals surface area contributed by atoms with Gasteiger partial charge in [-0.2, -0.15) is 5.10 Å². The Morgan fingerprint density at radius 2 is 1.30 bits per heavy atom. The lowest BCUT2D eigenvalue weighted by Gasteiger charge is -2.36. The van der Waals surface area contributed by atoms with Crippen LogP contribution in [0, 0.1) is 0 Å². The Kier molecular flexibility index (Phi) is 7.46. The molecule has 6 aromatic rings. The van der Waals surface area contributed by atoms with E-state index in [0.717, 1.165) is 77.9 Å². The number of rotatable bonds is 8. The molecule has 2 aliphatic heterocycles. The highest BCUT2D eigenvalue weighted by Gasteiger charge is 2.41. The molecule has 0 saturated carbocycles. The van der Waals surface area contributed by atoms with Gasteiger partial charge in [-0.1, -0.05) is 108 Å². The van der Waals surface area contributed by atoms with E-state index in [2.05, 4.69) is 88.9 Å². The number of hydrogen-bond donors (Lipinski definition) is 0. The fourth-order valence-corrected chi connectivity index (χ4v) is 7.50. The first kappa shape index (κ1) is 28.5. The molecule has 230 valence electrons. The van der Waals surface area contributed by atoms with Crippen molar-refractivity contribution in [2.75, 3.05) is 32.7 Å². The molecule has 1 fully saturated rings. The monoisotopic (exact) mass is 607 g/mol. The van der Waals surface area contributed by atoms with Crippen LogP contribution in [0.4, 0.5) is 0 Å². The molecule has 0 radical (unpaired) electrons. The second-order valence-electron chi connectivity index (χ2n) is 12.5. The first-order chi connectivity index (χ1) is 22.7. The summed E-state index contributed by atoms with van der Waals surface area (Å²) in [5.41, 5.74) is 6.08. The molecular weight excluding hydrogens is 570 g/mol. The van der Waals surface area contributed by atoms with Crippen LogP contribution in [0.25, 0.3) is 11.0 Å². The zero-order valence-corrected chi connectivity index (χ0v) is 25.8. The molecule has 2 aromatic heterocycles. The summed E-state index contributed by atoms with van der Waals surface area (Å²) in [5.74, 6) is 0.476. The summed E-state index contributed by atoms with van der Waals surface area (Å²) in [6, 6.07) is 39.6. The maximum absolute atomic E-state index is 14.0. The van der Waals surface area contributed by atoms with Crippen molar-refractivity contribution in [3.05, 3.63) is 155 Å². The molecule has 0 unspecified atom stereocenters. The van der Waals surface area contributed by atoms with Crippen LogP contribution < -0.4 is 0 Å². The first-order valence-corrected chi connectivity index (χ1v) is 16.3. The van der Waals surface area contributed by atoms with Crippen molar-refractivity contribution in [1.82, 2.24) is 24.7 Å². The van der Waals surface area contributed by atoms with Crippen LogP contribution >= 0.6 is 0 Å². The molecule has 4 aromatic carbocycles. The molecule has 0 spiro atoms. The van der Waals surface area contributed by atoms with Crippen molar-refractivity contribution in [3.8, 4) is 0 Å². The summed E-state index contributed by atoms with van der Waals surface area (Å²) in [5, 5.41) is 10.7. The minimum atomic E-state index is -0.730. The average molecular weight is 608 g/mol. The van der Waals surface area contributed by atoms with E-state index >= 15 is 0 Å². The number of aromatic nitrogens is 3. The number of fused-ring (bicyclic) bond motifs is 2. The van der Waals surface area contributed by atoms with E-state index in [0.29, 0.717) is 24.6 Å². The third kappa shape index (κ3) is 4.92. The maximum Gasteiger partial charge on any atom is 0.257 e. The topological polar surface area (TPSA) is 67.4 Å². The molecule has 2 aliphatic rings. The normalized spacial score (nSPS) is 16.2. The number of para-hydroxylation sites is 1. The highest BCUT2D eigenvalue weighted by molar-refractivity contribution is 5.96. The second kappa shape index (κ2) is 12.1. The number of carbonyl (C=O) groups is 1. The minimum Gasteiger partial charge on any atom is -0.356 e. The molecule has 1 saturated heterocycles. The van der Waals surface area contributed by atoms with Gasteiger partial charge in [0.15, 0.2) is 5.58 Å². The summed E-state index contributed by atoms with van der Waals surface area (Å²) >= 11 is 0. The lowest BCUT2D eigenvalue weighted by atomic mass is 9.77. The summed E-state index contributed by atoms with van der Waals surface area (Å²) in [4.78, 5) is 18.5. The van der Waals surface area contributed by atoms with E-state index in [4.69, 9.17) is 9.62 Å². The highest BCUT2D eigenvalue weighted by atomic mass is 16.5. The molecule has 0 N–H and O–H groups in total. The van der Waals surface area contributed by atoms with Crippen LogP contribution in [-0.2, 0) is 12.0 Å². The lowest BCUT2D eigenvalue weighted by Crippen LogP contribution is -2.44. The molecule has 4 heterocycles. The summed E-state index contributed by atoms with van der Waals surface area (Å²) in [6.07, 6.45) is 4.82. The molecule has 1 amide bonds. The van der Waals surface area contributed by atoms with Gasteiger partial charge in [0.05, 0.1) is 17.0 Å². The van der Waals surface area contributed by atoms with Gasteiger partial charge in [0, 0.05) is 43.6 Å². The molecule has 46 heavy (non-hydrogen) atoms. The van der Waals surface area contributed by atoms with Crippen molar-refractivity contribution >= 4 is 16.9 Å². The minimum absolute atomic E-state index is 0.0690. The highest BCUT2D eigenvalue weighted by Crippen LogP contribution is 2.41. The Bertz CT molecular complexity index is 1850. The smallest absolute Gasteiger partial charge is 0.257 e. The predicted octanol–water partition coefficient (Wildman–Crippen LogP) is 6.74. The zero-order chi connectivity index (χ0) is 30.9. The van der Waals surface area contributed by atoms with Gasteiger partial charge in [-0.3, -0.25) is 9.48 Å². The molecule has 0 bridgehead atoms. The lowest BCUT2D eigenvalue weighted by molar-refractivity contribution is 0.0710. The van der Waals surface area contributed by atoms with Crippen LogP contribution in [-0.4, -0.2) is 63.4 Å². The van der Waals surface area contributed by atoms with Gasteiger partial charge in [-0.15, -0.1) is 0 Å². The van der Waals surface area contributed by atoms with Crippen molar-refractivity contribution in [1.29, 1.82) is 0 Å². The van der Waals surface area contributed by atoms with Gasteiger partial charge in [-0.25, -0.2) is 0 Å². The summed E-state index contributed by atoms with van der Waals surface area (Å²) in [6.45, 7) is 4.24. The quantitative estimate of drug-likeness (QED) is 0.179. The molecular formula is C39H37N5O2.